The van der Waals surface area contributed by atoms with Gasteiger partial charge in [-0.25, -0.2) is 0 Å². The minimum Gasteiger partial charge on any atom is -0.300 e. The third-order valence-corrected chi connectivity index (χ3v) is 10.9. The fourth-order valence-corrected chi connectivity index (χ4v) is 9.76. The van der Waals surface area contributed by atoms with Crippen molar-refractivity contribution in [2.45, 2.75) is 97.8 Å². The van der Waals surface area contributed by atoms with Crippen molar-refractivity contribution in [3.63, 3.8) is 0 Å². The molecule has 5 rings (SSSR count). The molecule has 1 nitrogen and oxygen atoms in total. The maximum Gasteiger partial charge on any atom is 0.133 e. The minimum absolute atomic E-state index is 0.410. The van der Waals surface area contributed by atoms with Crippen LogP contribution in [0, 0.1) is 52.3 Å². The van der Waals surface area contributed by atoms with E-state index in [0.29, 0.717) is 22.5 Å². The summed E-state index contributed by atoms with van der Waals surface area (Å²) in [6, 6.07) is 0. The van der Waals surface area contributed by atoms with E-state index in [1.165, 1.54) is 77.0 Å². The van der Waals surface area contributed by atoms with Crippen LogP contribution in [0.2, 0.25) is 0 Å². The highest BCUT2D eigenvalue weighted by Gasteiger charge is 2.63. The Morgan fingerprint density at radius 2 is 1.65 bits per heavy atom. The van der Waals surface area contributed by atoms with Gasteiger partial charge in [-0.05, 0) is 117 Å². The van der Waals surface area contributed by atoms with E-state index in [0.717, 1.165) is 35.5 Å². The Kier molecular flexibility index (Phi) is 4.15. The van der Waals surface area contributed by atoms with E-state index in [2.05, 4.69) is 13.8 Å². The Hall–Kier alpha value is -0.330. The Morgan fingerprint density at radius 1 is 0.846 bits per heavy atom. The number of hydrogen-bond acceptors (Lipinski definition) is 1. The number of Topliss-reactive ketones (excluding diaryl/α,β-unsaturated/α-hetero) is 1. The molecule has 9 atom stereocenters. The van der Waals surface area contributed by atoms with Crippen LogP contribution < -0.4 is 0 Å². The van der Waals surface area contributed by atoms with E-state index < -0.39 is 0 Å². The van der Waals surface area contributed by atoms with E-state index in [1.54, 1.807) is 0 Å². The molecular formula is C25H40O. The van der Waals surface area contributed by atoms with Gasteiger partial charge in [0, 0.05) is 5.92 Å². The van der Waals surface area contributed by atoms with Gasteiger partial charge in [-0.3, -0.25) is 4.79 Å². The fourth-order valence-electron chi connectivity index (χ4n) is 9.76. The molecule has 0 heterocycles. The van der Waals surface area contributed by atoms with Crippen LogP contribution in [-0.2, 0) is 4.79 Å². The average Bonchev–Trinajstić information content (AvgIpc) is 3.02. The molecule has 0 amide bonds. The SMILES string of the molecule is CC(=O)[C@@H]1CCC[C@]23CCC4C(CC[C@H]5C[C@H](C)CC[C@]45C)C2CC[C@H]13. The zero-order valence-electron chi connectivity index (χ0n) is 17.4. The van der Waals surface area contributed by atoms with Crippen molar-refractivity contribution in [2.24, 2.45) is 52.3 Å². The lowest BCUT2D eigenvalue weighted by molar-refractivity contribution is -0.143. The van der Waals surface area contributed by atoms with Crippen molar-refractivity contribution in [3.05, 3.63) is 0 Å². The highest BCUT2D eigenvalue weighted by molar-refractivity contribution is 5.78. The Balaban J connectivity index is 1.44. The summed E-state index contributed by atoms with van der Waals surface area (Å²) in [6.07, 6.45) is 17.2. The van der Waals surface area contributed by atoms with E-state index in [-0.39, 0.29) is 0 Å². The normalized spacial score (nSPS) is 56.0. The summed E-state index contributed by atoms with van der Waals surface area (Å²) >= 11 is 0. The topological polar surface area (TPSA) is 17.1 Å². The summed E-state index contributed by atoms with van der Waals surface area (Å²) in [5, 5.41) is 0. The van der Waals surface area contributed by atoms with Gasteiger partial charge >= 0.3 is 0 Å². The van der Waals surface area contributed by atoms with Gasteiger partial charge in [-0.1, -0.05) is 26.7 Å². The number of carbonyl (C=O) groups is 1. The van der Waals surface area contributed by atoms with Crippen LogP contribution in [0.1, 0.15) is 97.8 Å². The molecular weight excluding hydrogens is 316 g/mol. The van der Waals surface area contributed by atoms with Gasteiger partial charge in [-0.15, -0.1) is 0 Å². The van der Waals surface area contributed by atoms with Gasteiger partial charge in [-0.2, -0.15) is 0 Å². The molecule has 5 aliphatic carbocycles. The first-order valence-electron chi connectivity index (χ1n) is 12.0. The molecule has 1 heteroatoms. The number of carbonyl (C=O) groups excluding carboxylic acids is 1. The predicted octanol–water partition coefficient (Wildman–Crippen LogP) is 6.65. The van der Waals surface area contributed by atoms with E-state index >= 15 is 0 Å². The van der Waals surface area contributed by atoms with Crippen LogP contribution in [0.4, 0.5) is 0 Å². The lowest BCUT2D eigenvalue weighted by Crippen LogP contribution is -2.55. The van der Waals surface area contributed by atoms with Gasteiger partial charge in [0.2, 0.25) is 0 Å². The van der Waals surface area contributed by atoms with Crippen molar-refractivity contribution in [1.29, 1.82) is 0 Å². The number of rotatable bonds is 1. The van der Waals surface area contributed by atoms with Crippen molar-refractivity contribution < 1.29 is 4.79 Å². The molecule has 3 unspecified atom stereocenters. The maximum atomic E-state index is 12.4. The first-order chi connectivity index (χ1) is 12.5. The third kappa shape index (κ3) is 2.30. The third-order valence-electron chi connectivity index (χ3n) is 10.9. The van der Waals surface area contributed by atoms with E-state index in [9.17, 15) is 4.79 Å². The van der Waals surface area contributed by atoms with Gasteiger partial charge in [0.05, 0.1) is 0 Å². The van der Waals surface area contributed by atoms with Crippen LogP contribution in [0.3, 0.4) is 0 Å². The van der Waals surface area contributed by atoms with E-state index in [4.69, 9.17) is 0 Å². The molecule has 0 aromatic carbocycles. The van der Waals surface area contributed by atoms with Gasteiger partial charge in [0.15, 0.2) is 0 Å². The molecule has 0 aromatic rings. The Labute approximate surface area is 161 Å². The average molecular weight is 357 g/mol. The highest BCUT2D eigenvalue weighted by Crippen LogP contribution is 2.71. The standard InChI is InChI=1S/C25H40O/c1-16-10-13-24(3)18(15-16)6-7-20-21(24)11-14-25-12-4-5-19(17(2)26)22(25)8-9-23(20)25/h16,18-23H,4-15H2,1-3H3/t16-,18+,19+,20?,21?,22-,23?,24+,25-/m1/s1. The molecule has 0 radical (unpaired) electrons. The molecule has 146 valence electrons. The zero-order chi connectivity index (χ0) is 18.1. The highest BCUT2D eigenvalue weighted by atomic mass is 16.1. The maximum absolute atomic E-state index is 12.4. The quantitative estimate of drug-likeness (QED) is 0.514. The molecule has 5 aliphatic rings. The summed E-state index contributed by atoms with van der Waals surface area (Å²) < 4.78 is 0. The number of hydrogen-bond donors (Lipinski definition) is 0. The van der Waals surface area contributed by atoms with E-state index in [1.807, 2.05) is 6.92 Å². The summed E-state index contributed by atoms with van der Waals surface area (Å²) in [4.78, 5) is 12.4. The molecule has 26 heavy (non-hydrogen) atoms. The van der Waals surface area contributed by atoms with Crippen LogP contribution in [0.25, 0.3) is 0 Å². The lowest BCUT2D eigenvalue weighted by Gasteiger charge is -2.62. The molecule has 5 fully saturated rings. The van der Waals surface area contributed by atoms with Crippen LogP contribution in [-0.4, -0.2) is 5.78 Å². The Morgan fingerprint density at radius 3 is 2.46 bits per heavy atom. The second-order valence-corrected chi connectivity index (χ2v) is 11.6. The van der Waals surface area contributed by atoms with Crippen LogP contribution in [0.5, 0.6) is 0 Å². The zero-order valence-corrected chi connectivity index (χ0v) is 17.4. The summed E-state index contributed by atoms with van der Waals surface area (Å²) in [6.45, 7) is 7.08. The summed E-state index contributed by atoms with van der Waals surface area (Å²) in [7, 11) is 0. The minimum atomic E-state index is 0.410. The van der Waals surface area contributed by atoms with Crippen molar-refractivity contribution in [3.8, 4) is 0 Å². The van der Waals surface area contributed by atoms with Crippen molar-refractivity contribution >= 4 is 5.78 Å². The second kappa shape index (κ2) is 6.08. The first-order valence-corrected chi connectivity index (χ1v) is 12.0. The monoisotopic (exact) mass is 356 g/mol. The molecule has 1 spiro atoms. The summed E-state index contributed by atoms with van der Waals surface area (Å²) in [5.41, 5.74) is 1.21. The summed E-state index contributed by atoms with van der Waals surface area (Å²) in [5.74, 6) is 6.60. The molecule has 5 saturated carbocycles. The van der Waals surface area contributed by atoms with Gasteiger partial charge < -0.3 is 0 Å². The lowest BCUT2D eigenvalue weighted by atomic mass is 9.42. The second-order valence-electron chi connectivity index (χ2n) is 11.6. The van der Waals surface area contributed by atoms with Crippen molar-refractivity contribution in [2.75, 3.05) is 0 Å². The van der Waals surface area contributed by atoms with Crippen LogP contribution >= 0.6 is 0 Å². The van der Waals surface area contributed by atoms with Crippen LogP contribution in [0.15, 0.2) is 0 Å². The smallest absolute Gasteiger partial charge is 0.133 e. The molecule has 0 aromatic heterocycles. The number of ketones is 1. The predicted molar refractivity (Wildman–Crippen MR) is 107 cm³/mol. The Bertz CT molecular complexity index is 581. The fraction of sp³-hybridized carbons (Fsp3) is 0.960. The first kappa shape index (κ1) is 17.7. The molecule has 0 N–H and O–H groups in total. The van der Waals surface area contributed by atoms with Gasteiger partial charge in [0.25, 0.3) is 0 Å². The van der Waals surface area contributed by atoms with Crippen molar-refractivity contribution in [1.82, 2.24) is 0 Å². The molecule has 0 saturated heterocycles. The molecule has 0 aliphatic heterocycles. The largest absolute Gasteiger partial charge is 0.300 e. The van der Waals surface area contributed by atoms with Gasteiger partial charge in [0.1, 0.15) is 5.78 Å². The number of fused-ring (bicyclic) bond motifs is 4. The molecule has 0 bridgehead atoms.